The lowest BCUT2D eigenvalue weighted by Gasteiger charge is -2.09. The fourth-order valence-corrected chi connectivity index (χ4v) is 3.51. The Morgan fingerprint density at radius 2 is 2.07 bits per heavy atom. The predicted molar refractivity (Wildman–Crippen MR) is 124 cm³/mol. The van der Waals surface area contributed by atoms with Gasteiger partial charge in [0.25, 0.3) is 0 Å². The summed E-state index contributed by atoms with van der Waals surface area (Å²) in [6.45, 7) is 5.24. The molecule has 2 aromatic heterocycles. The van der Waals surface area contributed by atoms with E-state index in [0.29, 0.717) is 29.2 Å². The zero-order valence-corrected chi connectivity index (χ0v) is 19.7. The highest BCUT2D eigenvalue weighted by molar-refractivity contribution is 14.0. The number of hydrogen-bond donors (Lipinski definition) is 2. The van der Waals surface area contributed by atoms with Crippen molar-refractivity contribution < 1.29 is 4.52 Å². The van der Waals surface area contributed by atoms with Crippen LogP contribution in [0, 0.1) is 13.8 Å². The van der Waals surface area contributed by atoms with Crippen LogP contribution in [0.1, 0.15) is 21.5 Å². The van der Waals surface area contributed by atoms with Crippen LogP contribution in [0.2, 0.25) is 5.02 Å². The summed E-state index contributed by atoms with van der Waals surface area (Å²) in [6.07, 6.45) is 0.847. The maximum Gasteiger partial charge on any atom is 0.246 e. The maximum atomic E-state index is 6.00. The number of halogens is 2. The second-order valence-corrected chi connectivity index (χ2v) is 7.60. The summed E-state index contributed by atoms with van der Waals surface area (Å²) in [4.78, 5) is 14.4. The van der Waals surface area contributed by atoms with Crippen LogP contribution in [-0.2, 0) is 13.0 Å². The van der Waals surface area contributed by atoms with Crippen molar-refractivity contribution in [1.29, 1.82) is 0 Å². The lowest BCUT2D eigenvalue weighted by atomic mass is 10.2. The average Bonchev–Trinajstić information content (AvgIpc) is 3.25. The molecule has 0 bridgehead atoms. The number of guanidine groups is 1. The second-order valence-electron chi connectivity index (χ2n) is 5.87. The Kier molecular flexibility index (Phi) is 8.64. The Hall–Kier alpha value is -1.72. The lowest BCUT2D eigenvalue weighted by Crippen LogP contribution is -2.37. The zero-order valence-electron chi connectivity index (χ0n) is 15.8. The minimum Gasteiger partial charge on any atom is -0.356 e. The highest BCUT2D eigenvalue weighted by Crippen LogP contribution is 2.20. The Morgan fingerprint density at radius 3 is 2.75 bits per heavy atom. The van der Waals surface area contributed by atoms with Gasteiger partial charge in [0.05, 0.1) is 17.2 Å². The van der Waals surface area contributed by atoms with Crippen LogP contribution in [0.4, 0.5) is 0 Å². The molecule has 0 saturated carbocycles. The van der Waals surface area contributed by atoms with Crippen molar-refractivity contribution in [3.8, 4) is 11.4 Å². The molecule has 2 N–H and O–H groups in total. The molecule has 0 aliphatic rings. The second kappa shape index (κ2) is 10.7. The minimum absolute atomic E-state index is 0. The first-order valence-electron chi connectivity index (χ1n) is 8.51. The number of benzene rings is 1. The van der Waals surface area contributed by atoms with Gasteiger partial charge in [-0.25, -0.2) is 4.98 Å². The van der Waals surface area contributed by atoms with Crippen molar-refractivity contribution in [1.82, 2.24) is 25.8 Å². The van der Waals surface area contributed by atoms with Crippen molar-refractivity contribution in [2.24, 2.45) is 4.99 Å². The third-order valence-electron chi connectivity index (χ3n) is 3.89. The molecule has 10 heteroatoms. The van der Waals surface area contributed by atoms with Crippen LogP contribution in [0.25, 0.3) is 11.4 Å². The molecule has 1 aromatic carbocycles. The fourth-order valence-electron chi connectivity index (χ4n) is 2.39. The average molecular weight is 533 g/mol. The third kappa shape index (κ3) is 6.14. The highest BCUT2D eigenvalue weighted by Gasteiger charge is 2.10. The number of aromatic nitrogens is 3. The van der Waals surface area contributed by atoms with Crippen molar-refractivity contribution in [2.75, 3.05) is 13.6 Å². The van der Waals surface area contributed by atoms with E-state index in [4.69, 9.17) is 16.1 Å². The van der Waals surface area contributed by atoms with E-state index in [0.717, 1.165) is 29.2 Å². The number of nitrogens with one attached hydrogen (secondary N) is 2. The Balaban J connectivity index is 0.00000280. The highest BCUT2D eigenvalue weighted by atomic mass is 127. The Morgan fingerprint density at radius 1 is 1.25 bits per heavy atom. The summed E-state index contributed by atoms with van der Waals surface area (Å²) in [5.41, 5.74) is 1.92. The largest absolute Gasteiger partial charge is 0.356 e. The van der Waals surface area contributed by atoms with Gasteiger partial charge in [-0.2, -0.15) is 4.98 Å². The molecule has 0 aliphatic heterocycles. The van der Waals surface area contributed by atoms with E-state index in [1.165, 1.54) is 4.88 Å². The lowest BCUT2D eigenvalue weighted by molar-refractivity contribution is 0.375. The molecule has 0 spiro atoms. The van der Waals surface area contributed by atoms with Crippen LogP contribution in [0.15, 0.2) is 33.8 Å². The molecule has 3 rings (SSSR count). The minimum atomic E-state index is 0. The molecule has 3 aromatic rings. The normalized spacial score (nSPS) is 11.2. The van der Waals surface area contributed by atoms with E-state index >= 15 is 0 Å². The van der Waals surface area contributed by atoms with Crippen LogP contribution in [0.3, 0.4) is 0 Å². The quantitative estimate of drug-likeness (QED) is 0.284. The van der Waals surface area contributed by atoms with E-state index in [1.54, 1.807) is 30.5 Å². The van der Waals surface area contributed by atoms with Gasteiger partial charge in [-0.1, -0.05) is 28.9 Å². The molecule has 0 fully saturated rings. The van der Waals surface area contributed by atoms with Gasteiger partial charge in [0.1, 0.15) is 0 Å². The third-order valence-corrected chi connectivity index (χ3v) is 5.25. The summed E-state index contributed by atoms with van der Waals surface area (Å²) >= 11 is 7.73. The van der Waals surface area contributed by atoms with Crippen LogP contribution >= 0.6 is 46.9 Å². The molecule has 0 amide bonds. The number of aliphatic imine (C=N–C) groups is 1. The number of hydrogen-bond acceptors (Lipinski definition) is 6. The van der Waals surface area contributed by atoms with Crippen molar-refractivity contribution in [3.05, 3.63) is 50.8 Å². The van der Waals surface area contributed by atoms with Crippen molar-refractivity contribution in [2.45, 2.75) is 26.8 Å². The molecule has 150 valence electrons. The van der Waals surface area contributed by atoms with Crippen LogP contribution in [-0.4, -0.2) is 34.7 Å². The number of rotatable bonds is 6. The van der Waals surface area contributed by atoms with Crippen LogP contribution in [0.5, 0.6) is 0 Å². The first-order valence-corrected chi connectivity index (χ1v) is 9.70. The van der Waals surface area contributed by atoms with Gasteiger partial charge >= 0.3 is 0 Å². The summed E-state index contributed by atoms with van der Waals surface area (Å²) < 4.78 is 5.29. The van der Waals surface area contributed by atoms with E-state index in [9.17, 15) is 0 Å². The molecule has 0 unspecified atom stereocenters. The molecule has 7 nitrogen and oxygen atoms in total. The van der Waals surface area contributed by atoms with Gasteiger partial charge in [0.15, 0.2) is 5.96 Å². The molecule has 0 saturated heterocycles. The van der Waals surface area contributed by atoms with E-state index in [2.05, 4.69) is 37.7 Å². The molecule has 0 radical (unpaired) electrons. The summed E-state index contributed by atoms with van der Waals surface area (Å²) in [6, 6.07) is 7.34. The topological polar surface area (TPSA) is 88.2 Å². The maximum absolute atomic E-state index is 6.00. The molecule has 0 aliphatic carbocycles. The monoisotopic (exact) mass is 532 g/mol. The van der Waals surface area contributed by atoms with E-state index in [1.807, 2.05) is 19.1 Å². The smallest absolute Gasteiger partial charge is 0.246 e. The van der Waals surface area contributed by atoms with Gasteiger partial charge in [-0.3, -0.25) is 4.99 Å². The number of thiazole rings is 1. The van der Waals surface area contributed by atoms with Crippen molar-refractivity contribution in [3.63, 3.8) is 0 Å². The Labute approximate surface area is 190 Å². The molecular formula is C18H22ClIN6OS. The standard InChI is InChI=1S/C18H21ClN6OS.HI/c1-11-12(2)27-16(23-11)7-8-21-18(20-3)22-10-15-24-17(25-26-15)13-5-4-6-14(19)9-13;/h4-6,9H,7-8,10H2,1-3H3,(H2,20,21,22);1H. The summed E-state index contributed by atoms with van der Waals surface area (Å²) in [5.74, 6) is 1.65. The first-order chi connectivity index (χ1) is 13.0. The van der Waals surface area contributed by atoms with Gasteiger partial charge < -0.3 is 15.2 Å². The van der Waals surface area contributed by atoms with E-state index < -0.39 is 0 Å². The van der Waals surface area contributed by atoms with Gasteiger partial charge in [0, 0.05) is 35.5 Å². The Bertz CT molecular complexity index is 922. The zero-order chi connectivity index (χ0) is 19.2. The van der Waals surface area contributed by atoms with Crippen LogP contribution < -0.4 is 10.6 Å². The van der Waals surface area contributed by atoms with Gasteiger partial charge in [-0.05, 0) is 26.0 Å². The van der Waals surface area contributed by atoms with E-state index in [-0.39, 0.29) is 24.0 Å². The predicted octanol–water partition coefficient (Wildman–Crippen LogP) is 3.99. The van der Waals surface area contributed by atoms with Gasteiger partial charge in [-0.15, -0.1) is 35.3 Å². The first kappa shape index (κ1) is 22.6. The van der Waals surface area contributed by atoms with Gasteiger partial charge in [0.2, 0.25) is 11.7 Å². The SMILES string of the molecule is CN=C(NCCc1nc(C)c(C)s1)NCc1nc(-c2cccc(Cl)c2)no1.I. The molecule has 2 heterocycles. The fraction of sp³-hybridized carbons (Fsp3) is 0.333. The summed E-state index contributed by atoms with van der Waals surface area (Å²) in [7, 11) is 1.72. The molecule has 0 atom stereocenters. The number of nitrogens with zero attached hydrogens (tertiary/aromatic N) is 4. The number of aryl methyl sites for hydroxylation is 2. The van der Waals surface area contributed by atoms with Crippen molar-refractivity contribution >= 4 is 52.9 Å². The molecule has 28 heavy (non-hydrogen) atoms. The summed E-state index contributed by atoms with van der Waals surface area (Å²) in [5, 5.41) is 12.2. The molecular weight excluding hydrogens is 511 g/mol.